The topological polar surface area (TPSA) is 29.1 Å². The van der Waals surface area contributed by atoms with Gasteiger partial charge >= 0.3 is 0 Å². The minimum atomic E-state index is 0.349. The van der Waals surface area contributed by atoms with Crippen LogP contribution < -0.4 is 5.32 Å². The second-order valence-corrected chi connectivity index (χ2v) is 4.27. The minimum Gasteiger partial charge on any atom is -0.356 e. The molecule has 1 aliphatic heterocycles. The molecule has 0 aromatic heterocycles. The van der Waals surface area contributed by atoms with E-state index in [0.29, 0.717) is 11.8 Å². The van der Waals surface area contributed by atoms with Gasteiger partial charge in [-0.25, -0.2) is 0 Å². The third-order valence-corrected chi connectivity index (χ3v) is 3.90. The number of carbonyl (C=O) groups is 1. The fourth-order valence-electron chi connectivity index (χ4n) is 3.45. The van der Waals surface area contributed by atoms with E-state index in [9.17, 15) is 4.79 Å². The average molecular weight is 151 g/mol. The van der Waals surface area contributed by atoms with E-state index in [0.717, 1.165) is 24.3 Å². The summed E-state index contributed by atoms with van der Waals surface area (Å²) in [7, 11) is 0. The fourth-order valence-corrected chi connectivity index (χ4v) is 3.45. The SMILES string of the molecule is O=C1NC[C@H]2[C@H]3CC[C@@H](C3)[C@@H]12. The van der Waals surface area contributed by atoms with Crippen molar-refractivity contribution in [1.29, 1.82) is 0 Å². The number of fused-ring (bicyclic) bond motifs is 5. The molecule has 2 nitrogen and oxygen atoms in total. The van der Waals surface area contributed by atoms with Crippen molar-refractivity contribution >= 4 is 5.91 Å². The maximum atomic E-state index is 11.3. The zero-order chi connectivity index (χ0) is 7.42. The first-order valence-corrected chi connectivity index (χ1v) is 4.64. The predicted molar refractivity (Wildman–Crippen MR) is 40.8 cm³/mol. The molecule has 1 heterocycles. The molecule has 0 spiro atoms. The maximum absolute atomic E-state index is 11.3. The lowest BCUT2D eigenvalue weighted by Gasteiger charge is -2.20. The molecule has 1 saturated heterocycles. The highest BCUT2D eigenvalue weighted by atomic mass is 16.2. The molecular formula is C9H13NO. The number of hydrogen-bond acceptors (Lipinski definition) is 1. The van der Waals surface area contributed by atoms with Crippen LogP contribution in [0.3, 0.4) is 0 Å². The maximum Gasteiger partial charge on any atom is 0.223 e. The van der Waals surface area contributed by atoms with E-state index < -0.39 is 0 Å². The molecule has 2 heteroatoms. The van der Waals surface area contributed by atoms with Crippen LogP contribution in [0.4, 0.5) is 0 Å². The fraction of sp³-hybridized carbons (Fsp3) is 0.889. The zero-order valence-electron chi connectivity index (χ0n) is 6.55. The lowest BCUT2D eigenvalue weighted by Crippen LogP contribution is -2.24. The Kier molecular flexibility index (Phi) is 0.984. The largest absolute Gasteiger partial charge is 0.356 e. The quantitative estimate of drug-likeness (QED) is 0.544. The van der Waals surface area contributed by atoms with Crippen molar-refractivity contribution in [2.75, 3.05) is 6.54 Å². The van der Waals surface area contributed by atoms with Crippen LogP contribution in [0, 0.1) is 23.7 Å². The van der Waals surface area contributed by atoms with Crippen LogP contribution in [0.15, 0.2) is 0 Å². The molecule has 0 aromatic carbocycles. The van der Waals surface area contributed by atoms with Crippen LogP contribution in [0.25, 0.3) is 0 Å². The van der Waals surface area contributed by atoms with Crippen LogP contribution in [-0.2, 0) is 4.79 Å². The smallest absolute Gasteiger partial charge is 0.223 e. The number of hydrogen-bond donors (Lipinski definition) is 1. The van der Waals surface area contributed by atoms with Gasteiger partial charge in [-0.1, -0.05) is 0 Å². The van der Waals surface area contributed by atoms with Crippen LogP contribution in [0.1, 0.15) is 19.3 Å². The Balaban J connectivity index is 1.97. The van der Waals surface area contributed by atoms with Crippen LogP contribution in [0.2, 0.25) is 0 Å². The first-order valence-electron chi connectivity index (χ1n) is 4.64. The van der Waals surface area contributed by atoms with Gasteiger partial charge in [-0.3, -0.25) is 4.79 Å². The minimum absolute atomic E-state index is 0.349. The Bertz CT molecular complexity index is 214. The molecule has 0 radical (unpaired) electrons. The van der Waals surface area contributed by atoms with Crippen molar-refractivity contribution in [3.8, 4) is 0 Å². The molecule has 1 N–H and O–H groups in total. The van der Waals surface area contributed by atoms with E-state index in [-0.39, 0.29) is 0 Å². The third kappa shape index (κ3) is 0.608. The molecule has 3 rings (SSSR count). The van der Waals surface area contributed by atoms with E-state index in [1.54, 1.807) is 0 Å². The normalized spacial score (nSPS) is 52.9. The molecule has 1 amide bonds. The molecule has 2 bridgehead atoms. The standard InChI is InChI=1S/C9H13NO/c11-9-8-6-2-1-5(3-6)7(8)4-10-9/h5-8H,1-4H2,(H,10,11)/t5-,6-,7-,8+/m0/s1. The summed E-state index contributed by atoms with van der Waals surface area (Å²) in [6.07, 6.45) is 4.06. The van der Waals surface area contributed by atoms with E-state index in [2.05, 4.69) is 5.32 Å². The Morgan fingerprint density at radius 1 is 1.27 bits per heavy atom. The van der Waals surface area contributed by atoms with Gasteiger partial charge < -0.3 is 5.32 Å². The van der Waals surface area contributed by atoms with Gasteiger partial charge in [0.2, 0.25) is 5.91 Å². The summed E-state index contributed by atoms with van der Waals surface area (Å²) in [5, 5.41) is 2.98. The predicted octanol–water partition coefficient (Wildman–Crippen LogP) is 0.778. The first-order chi connectivity index (χ1) is 5.36. The number of rotatable bonds is 0. The van der Waals surface area contributed by atoms with Crippen molar-refractivity contribution in [3.63, 3.8) is 0 Å². The summed E-state index contributed by atoms with van der Waals surface area (Å²) < 4.78 is 0. The van der Waals surface area contributed by atoms with Crippen molar-refractivity contribution in [2.24, 2.45) is 23.7 Å². The van der Waals surface area contributed by atoms with Gasteiger partial charge in [0.25, 0.3) is 0 Å². The van der Waals surface area contributed by atoms with Gasteiger partial charge in [0, 0.05) is 12.5 Å². The van der Waals surface area contributed by atoms with E-state index in [1.807, 2.05) is 0 Å². The van der Waals surface area contributed by atoms with Crippen LogP contribution >= 0.6 is 0 Å². The molecular weight excluding hydrogens is 138 g/mol. The monoisotopic (exact) mass is 151 g/mol. The Morgan fingerprint density at radius 2 is 2.09 bits per heavy atom. The highest BCUT2D eigenvalue weighted by molar-refractivity contribution is 5.82. The molecule has 4 atom stereocenters. The molecule has 11 heavy (non-hydrogen) atoms. The van der Waals surface area contributed by atoms with Crippen molar-refractivity contribution in [3.05, 3.63) is 0 Å². The summed E-state index contributed by atoms with van der Waals surface area (Å²) in [5.41, 5.74) is 0. The summed E-state index contributed by atoms with van der Waals surface area (Å²) >= 11 is 0. The molecule has 2 aliphatic carbocycles. The van der Waals surface area contributed by atoms with Gasteiger partial charge in [-0.05, 0) is 37.0 Å². The van der Waals surface area contributed by atoms with Crippen LogP contribution in [0.5, 0.6) is 0 Å². The Morgan fingerprint density at radius 3 is 2.91 bits per heavy atom. The molecule has 60 valence electrons. The van der Waals surface area contributed by atoms with Gasteiger partial charge in [-0.15, -0.1) is 0 Å². The van der Waals surface area contributed by atoms with Gasteiger partial charge in [-0.2, -0.15) is 0 Å². The lowest BCUT2D eigenvalue weighted by atomic mass is 9.81. The van der Waals surface area contributed by atoms with Crippen molar-refractivity contribution in [2.45, 2.75) is 19.3 Å². The average Bonchev–Trinajstić information content (AvgIpc) is 2.60. The van der Waals surface area contributed by atoms with Gasteiger partial charge in [0.15, 0.2) is 0 Å². The third-order valence-electron chi connectivity index (χ3n) is 3.90. The molecule has 0 aromatic rings. The second kappa shape index (κ2) is 1.79. The van der Waals surface area contributed by atoms with E-state index >= 15 is 0 Å². The van der Waals surface area contributed by atoms with Gasteiger partial charge in [0.05, 0.1) is 0 Å². The Labute approximate surface area is 66.4 Å². The first kappa shape index (κ1) is 6.04. The van der Waals surface area contributed by atoms with Crippen LogP contribution in [-0.4, -0.2) is 12.5 Å². The summed E-state index contributed by atoms with van der Waals surface area (Å²) in [6, 6.07) is 0. The number of carbonyl (C=O) groups excluding carboxylic acids is 1. The van der Waals surface area contributed by atoms with E-state index in [1.165, 1.54) is 19.3 Å². The van der Waals surface area contributed by atoms with Crippen molar-refractivity contribution in [1.82, 2.24) is 5.32 Å². The summed E-state index contributed by atoms with van der Waals surface area (Å²) in [4.78, 5) is 11.3. The highest BCUT2D eigenvalue weighted by Crippen LogP contribution is 2.53. The Hall–Kier alpha value is -0.530. The molecule has 0 unspecified atom stereocenters. The second-order valence-electron chi connectivity index (χ2n) is 4.27. The van der Waals surface area contributed by atoms with Gasteiger partial charge in [0.1, 0.15) is 0 Å². The molecule has 3 fully saturated rings. The number of amides is 1. The lowest BCUT2D eigenvalue weighted by molar-refractivity contribution is -0.124. The summed E-state index contributed by atoms with van der Waals surface area (Å²) in [6.45, 7) is 0.977. The zero-order valence-corrected chi connectivity index (χ0v) is 6.55. The molecule has 3 aliphatic rings. The highest BCUT2D eigenvalue weighted by Gasteiger charge is 2.53. The number of nitrogens with one attached hydrogen (secondary N) is 1. The molecule has 2 saturated carbocycles. The van der Waals surface area contributed by atoms with Crippen molar-refractivity contribution < 1.29 is 4.79 Å². The van der Waals surface area contributed by atoms with E-state index in [4.69, 9.17) is 0 Å². The summed E-state index contributed by atoms with van der Waals surface area (Å²) in [5.74, 6) is 3.15.